The second-order valence-electron chi connectivity index (χ2n) is 9.18. The fraction of sp³-hybridized carbons (Fsp3) is 0.276. The van der Waals surface area contributed by atoms with Crippen molar-refractivity contribution in [1.29, 1.82) is 0 Å². The van der Waals surface area contributed by atoms with Gasteiger partial charge in [0.05, 0.1) is 6.04 Å². The van der Waals surface area contributed by atoms with Crippen molar-refractivity contribution in [1.82, 2.24) is 19.7 Å². The van der Waals surface area contributed by atoms with Gasteiger partial charge in [-0.1, -0.05) is 78.9 Å². The number of nitrogens with zero attached hydrogens (tertiary/aromatic N) is 3. The summed E-state index contributed by atoms with van der Waals surface area (Å²) in [5.74, 6) is 0.0292. The van der Waals surface area contributed by atoms with Gasteiger partial charge in [0.1, 0.15) is 6.54 Å². The van der Waals surface area contributed by atoms with Gasteiger partial charge in [-0.3, -0.25) is 9.69 Å². The maximum atomic E-state index is 13.5. The second kappa shape index (κ2) is 10.2. The maximum Gasteiger partial charge on any atom is 0.240 e. The Balaban J connectivity index is 1.39. The second-order valence-corrected chi connectivity index (χ2v) is 9.18. The molecular formula is C29H32N4O. The number of para-hydroxylation sites is 1. The molecule has 0 saturated carbocycles. The minimum absolute atomic E-state index is 0.0292. The van der Waals surface area contributed by atoms with Crippen molar-refractivity contribution < 1.29 is 4.79 Å². The molecule has 4 aromatic rings. The molecule has 1 N–H and O–H groups in total. The number of likely N-dealkylation sites (N-methyl/N-ethyl adjacent to an activating group) is 1. The van der Waals surface area contributed by atoms with E-state index in [-0.39, 0.29) is 18.5 Å². The van der Waals surface area contributed by atoms with E-state index in [0.29, 0.717) is 0 Å². The molecule has 3 aromatic carbocycles. The van der Waals surface area contributed by atoms with Crippen LogP contribution in [0.3, 0.4) is 0 Å². The van der Waals surface area contributed by atoms with E-state index in [4.69, 9.17) is 0 Å². The van der Waals surface area contributed by atoms with E-state index in [1.807, 2.05) is 48.5 Å². The lowest BCUT2D eigenvalue weighted by Gasteiger charge is -2.35. The van der Waals surface area contributed by atoms with E-state index in [1.54, 1.807) is 0 Å². The maximum absolute atomic E-state index is 13.5. The Hall–Kier alpha value is -3.41. The first-order chi connectivity index (χ1) is 16.7. The van der Waals surface area contributed by atoms with Crippen LogP contribution in [0.1, 0.15) is 11.6 Å². The molecule has 0 aliphatic carbocycles. The predicted molar refractivity (Wildman–Crippen MR) is 139 cm³/mol. The van der Waals surface area contributed by atoms with E-state index >= 15 is 0 Å². The number of hydrogen-bond acceptors (Lipinski definition) is 3. The fourth-order valence-corrected chi connectivity index (χ4v) is 4.82. The van der Waals surface area contributed by atoms with Crippen LogP contribution in [0.15, 0.2) is 91.0 Å². The Morgan fingerprint density at radius 3 is 2.24 bits per heavy atom. The lowest BCUT2D eigenvalue weighted by Crippen LogP contribution is -2.48. The Kier molecular flexibility index (Phi) is 6.74. The third-order valence-corrected chi connectivity index (χ3v) is 6.76. The molecule has 5 heteroatoms. The number of piperazine rings is 1. The molecule has 174 valence electrons. The van der Waals surface area contributed by atoms with Crippen LogP contribution in [0.4, 0.5) is 0 Å². The van der Waals surface area contributed by atoms with Crippen LogP contribution in [0.25, 0.3) is 22.2 Å². The Morgan fingerprint density at radius 2 is 1.50 bits per heavy atom. The lowest BCUT2D eigenvalue weighted by molar-refractivity contribution is -0.122. The van der Waals surface area contributed by atoms with Gasteiger partial charge in [0.15, 0.2) is 0 Å². The third kappa shape index (κ3) is 5.06. The minimum Gasteiger partial charge on any atom is -0.346 e. The van der Waals surface area contributed by atoms with E-state index in [2.05, 4.69) is 69.2 Å². The number of benzene rings is 3. The first-order valence-electron chi connectivity index (χ1n) is 12.1. The fourth-order valence-electron chi connectivity index (χ4n) is 4.82. The Labute approximate surface area is 201 Å². The average Bonchev–Trinajstić information content (AvgIpc) is 3.24. The van der Waals surface area contributed by atoms with Crippen LogP contribution in [0.5, 0.6) is 0 Å². The Morgan fingerprint density at radius 1 is 0.853 bits per heavy atom. The summed E-state index contributed by atoms with van der Waals surface area (Å²) in [5, 5.41) is 4.50. The van der Waals surface area contributed by atoms with Crippen LogP contribution >= 0.6 is 0 Å². The van der Waals surface area contributed by atoms with Gasteiger partial charge < -0.3 is 14.8 Å². The molecule has 0 radical (unpaired) electrons. The summed E-state index contributed by atoms with van der Waals surface area (Å²) in [7, 11) is 2.17. The molecule has 34 heavy (non-hydrogen) atoms. The van der Waals surface area contributed by atoms with Gasteiger partial charge in [0.2, 0.25) is 5.91 Å². The van der Waals surface area contributed by atoms with Crippen molar-refractivity contribution in [2.75, 3.05) is 39.8 Å². The molecule has 1 atom stereocenters. The molecule has 1 aromatic heterocycles. The molecule has 2 heterocycles. The number of nitrogens with one attached hydrogen (secondary N) is 1. The molecule has 5 rings (SSSR count). The van der Waals surface area contributed by atoms with Crippen LogP contribution in [-0.4, -0.2) is 60.0 Å². The molecule has 0 bridgehead atoms. The highest BCUT2D eigenvalue weighted by atomic mass is 16.2. The third-order valence-electron chi connectivity index (χ3n) is 6.76. The van der Waals surface area contributed by atoms with Gasteiger partial charge >= 0.3 is 0 Å². The molecule has 1 amide bonds. The van der Waals surface area contributed by atoms with E-state index in [1.165, 1.54) is 0 Å². The summed E-state index contributed by atoms with van der Waals surface area (Å²) in [6.07, 6.45) is 0. The molecule has 1 aliphatic heterocycles. The van der Waals surface area contributed by atoms with Crippen molar-refractivity contribution >= 4 is 16.8 Å². The quantitative estimate of drug-likeness (QED) is 0.452. The number of fused-ring (bicyclic) bond motifs is 1. The monoisotopic (exact) mass is 452 g/mol. The van der Waals surface area contributed by atoms with Crippen LogP contribution < -0.4 is 5.32 Å². The highest BCUT2D eigenvalue weighted by Crippen LogP contribution is 2.28. The zero-order valence-electron chi connectivity index (χ0n) is 19.7. The zero-order chi connectivity index (χ0) is 23.3. The van der Waals surface area contributed by atoms with Crippen molar-refractivity contribution in [2.24, 2.45) is 0 Å². The summed E-state index contributed by atoms with van der Waals surface area (Å²) in [6.45, 7) is 5.27. The molecule has 1 unspecified atom stereocenters. The topological polar surface area (TPSA) is 40.5 Å². The zero-order valence-corrected chi connectivity index (χ0v) is 19.7. The highest BCUT2D eigenvalue weighted by Gasteiger charge is 2.22. The van der Waals surface area contributed by atoms with Gasteiger partial charge in [-0.05, 0) is 30.3 Å². The van der Waals surface area contributed by atoms with Crippen LogP contribution in [0.2, 0.25) is 0 Å². The largest absolute Gasteiger partial charge is 0.346 e. The molecule has 1 saturated heterocycles. The molecule has 1 fully saturated rings. The van der Waals surface area contributed by atoms with Crippen molar-refractivity contribution in [3.05, 3.63) is 96.6 Å². The van der Waals surface area contributed by atoms with Crippen LogP contribution in [-0.2, 0) is 11.3 Å². The highest BCUT2D eigenvalue weighted by molar-refractivity contribution is 5.89. The predicted octanol–water partition coefficient (Wildman–Crippen LogP) is 4.41. The standard InChI is InChI=1S/C29H32N4O/c1-31-16-18-32(19-17-31)21-26(23-10-4-2-5-11-23)30-29(34)22-33-27-15-9-8-14-25(27)20-28(33)24-12-6-3-7-13-24/h2-15,20,26H,16-19,21-22H2,1H3,(H,30,34). The minimum atomic E-state index is -0.0425. The summed E-state index contributed by atoms with van der Waals surface area (Å²) >= 11 is 0. The smallest absolute Gasteiger partial charge is 0.240 e. The molecule has 5 nitrogen and oxygen atoms in total. The van der Waals surface area contributed by atoms with Crippen molar-refractivity contribution in [3.63, 3.8) is 0 Å². The van der Waals surface area contributed by atoms with Crippen LogP contribution in [0, 0.1) is 0 Å². The van der Waals surface area contributed by atoms with Gasteiger partial charge in [-0.2, -0.15) is 0 Å². The number of rotatable bonds is 7. The van der Waals surface area contributed by atoms with E-state index < -0.39 is 0 Å². The SMILES string of the molecule is CN1CCN(CC(NC(=O)Cn2c(-c3ccccc3)cc3ccccc32)c2ccccc2)CC1. The lowest BCUT2D eigenvalue weighted by atomic mass is 10.1. The average molecular weight is 453 g/mol. The molecule has 0 spiro atoms. The number of carbonyl (C=O) groups excluding carboxylic acids is 1. The first kappa shape index (κ1) is 22.4. The molecule has 1 aliphatic rings. The van der Waals surface area contributed by atoms with Gasteiger partial charge in [-0.15, -0.1) is 0 Å². The van der Waals surface area contributed by atoms with Gasteiger partial charge in [-0.25, -0.2) is 0 Å². The summed E-state index contributed by atoms with van der Waals surface area (Å²) in [5.41, 5.74) is 4.40. The first-order valence-corrected chi connectivity index (χ1v) is 12.1. The van der Waals surface area contributed by atoms with E-state index in [0.717, 1.165) is 60.4 Å². The number of hydrogen-bond donors (Lipinski definition) is 1. The summed E-state index contributed by atoms with van der Waals surface area (Å²) < 4.78 is 2.14. The van der Waals surface area contributed by atoms with E-state index in [9.17, 15) is 4.79 Å². The van der Waals surface area contributed by atoms with Crippen molar-refractivity contribution in [2.45, 2.75) is 12.6 Å². The van der Waals surface area contributed by atoms with Gasteiger partial charge in [0.25, 0.3) is 0 Å². The summed E-state index contributed by atoms with van der Waals surface area (Å²) in [4.78, 5) is 18.3. The number of aromatic nitrogens is 1. The Bertz CT molecular complexity index is 1230. The molecular weight excluding hydrogens is 420 g/mol. The van der Waals surface area contributed by atoms with Crippen molar-refractivity contribution in [3.8, 4) is 11.3 Å². The number of carbonyl (C=O) groups is 1. The van der Waals surface area contributed by atoms with Gasteiger partial charge in [0, 0.05) is 49.3 Å². The number of amides is 1. The normalized spacial score (nSPS) is 15.9. The summed E-state index contributed by atoms with van der Waals surface area (Å²) in [6, 6.07) is 31.1.